The van der Waals surface area contributed by atoms with E-state index >= 15 is 0 Å². The fourth-order valence-electron chi connectivity index (χ4n) is 2.21. The number of hydrogen-bond acceptors (Lipinski definition) is 6. The third kappa shape index (κ3) is 2.30. The summed E-state index contributed by atoms with van der Waals surface area (Å²) in [5.74, 6) is -0.624. The molecule has 9 heteroatoms. The molecule has 8 nitrogen and oxygen atoms in total. The van der Waals surface area contributed by atoms with E-state index in [9.17, 15) is 13.2 Å². The van der Waals surface area contributed by atoms with E-state index in [-0.39, 0.29) is 17.3 Å². The van der Waals surface area contributed by atoms with E-state index in [4.69, 9.17) is 5.73 Å². The molecule has 1 aromatic heterocycles. The number of aryl methyl sites for hydroxylation is 1. The number of carbonyl (C=O) groups is 1. The minimum absolute atomic E-state index is 0.0713. The van der Waals surface area contributed by atoms with E-state index in [0.717, 1.165) is 4.31 Å². The number of ether oxygens (including phenoxy) is 1. The van der Waals surface area contributed by atoms with Crippen molar-refractivity contribution in [3.63, 3.8) is 0 Å². The number of methoxy groups -OCH3 is 1. The molecule has 2 N–H and O–H groups in total. The number of aromatic nitrogens is 2. The Kier molecular flexibility index (Phi) is 3.50. The maximum atomic E-state index is 12.5. The molecule has 106 valence electrons. The van der Waals surface area contributed by atoms with Gasteiger partial charge in [0.15, 0.2) is 5.82 Å². The van der Waals surface area contributed by atoms with Crippen LogP contribution in [0, 0.1) is 0 Å². The average molecular weight is 288 g/mol. The van der Waals surface area contributed by atoms with Crippen LogP contribution < -0.4 is 5.73 Å². The molecule has 0 radical (unpaired) electrons. The van der Waals surface area contributed by atoms with Crippen molar-refractivity contribution in [2.45, 2.75) is 23.8 Å². The lowest BCUT2D eigenvalue weighted by Crippen LogP contribution is -2.41. The quantitative estimate of drug-likeness (QED) is 0.739. The molecule has 0 amide bonds. The summed E-state index contributed by atoms with van der Waals surface area (Å²) in [4.78, 5) is 11.5. The Morgan fingerprint density at radius 3 is 2.79 bits per heavy atom. The van der Waals surface area contributed by atoms with Gasteiger partial charge in [-0.1, -0.05) is 0 Å². The van der Waals surface area contributed by atoms with E-state index in [1.54, 1.807) is 7.05 Å². The smallest absolute Gasteiger partial charge is 0.324 e. The molecule has 0 spiro atoms. The molecule has 1 aliphatic heterocycles. The molecule has 19 heavy (non-hydrogen) atoms. The van der Waals surface area contributed by atoms with Gasteiger partial charge in [0.25, 0.3) is 0 Å². The molecular formula is C10H16N4O4S. The first-order valence-electron chi connectivity index (χ1n) is 5.76. The topological polar surface area (TPSA) is 108 Å². The van der Waals surface area contributed by atoms with Gasteiger partial charge in [-0.25, -0.2) is 8.42 Å². The van der Waals surface area contributed by atoms with Gasteiger partial charge in [-0.2, -0.15) is 9.40 Å². The largest absolute Gasteiger partial charge is 0.468 e. The molecule has 0 aromatic carbocycles. The summed E-state index contributed by atoms with van der Waals surface area (Å²) in [6, 6.07) is -0.783. The highest BCUT2D eigenvalue weighted by molar-refractivity contribution is 7.89. The molecule has 1 unspecified atom stereocenters. The molecule has 1 fully saturated rings. The second-order valence-electron chi connectivity index (χ2n) is 4.35. The number of nitrogens with two attached hydrogens (primary N) is 1. The van der Waals surface area contributed by atoms with Gasteiger partial charge in [0, 0.05) is 19.8 Å². The Morgan fingerprint density at radius 2 is 2.26 bits per heavy atom. The molecule has 2 rings (SSSR count). The molecule has 0 aliphatic carbocycles. The number of hydrogen-bond donors (Lipinski definition) is 1. The van der Waals surface area contributed by atoms with E-state index in [2.05, 4.69) is 9.84 Å². The van der Waals surface area contributed by atoms with E-state index < -0.39 is 22.0 Å². The van der Waals surface area contributed by atoms with Crippen molar-refractivity contribution in [1.82, 2.24) is 14.1 Å². The molecule has 1 aliphatic rings. The zero-order valence-corrected chi connectivity index (χ0v) is 11.6. The third-order valence-corrected chi connectivity index (χ3v) is 5.01. The van der Waals surface area contributed by atoms with Gasteiger partial charge in [-0.05, 0) is 12.8 Å². The summed E-state index contributed by atoms with van der Waals surface area (Å²) in [6.45, 7) is 0.274. The Bertz CT molecular complexity index is 595. The van der Waals surface area contributed by atoms with Crippen LogP contribution in [0.5, 0.6) is 0 Å². The number of nitrogens with zero attached hydrogens (tertiary/aromatic N) is 3. The lowest BCUT2D eigenvalue weighted by molar-refractivity contribution is -0.144. The van der Waals surface area contributed by atoms with Crippen LogP contribution in [0.3, 0.4) is 0 Å². The predicted octanol–water partition coefficient (Wildman–Crippen LogP) is -0.672. The van der Waals surface area contributed by atoms with Crippen LogP contribution in [0.1, 0.15) is 12.8 Å². The van der Waals surface area contributed by atoms with Gasteiger partial charge < -0.3 is 10.5 Å². The van der Waals surface area contributed by atoms with Crippen molar-refractivity contribution in [3.8, 4) is 0 Å². The van der Waals surface area contributed by atoms with Gasteiger partial charge in [-0.15, -0.1) is 0 Å². The van der Waals surface area contributed by atoms with Crippen molar-refractivity contribution in [2.24, 2.45) is 7.05 Å². The minimum atomic E-state index is -3.83. The van der Waals surface area contributed by atoms with Crippen molar-refractivity contribution in [3.05, 3.63) is 6.20 Å². The number of nitrogen functional groups attached to an aromatic ring is 1. The normalized spacial score (nSPS) is 20.6. The Morgan fingerprint density at radius 1 is 1.58 bits per heavy atom. The van der Waals surface area contributed by atoms with Gasteiger partial charge in [-0.3, -0.25) is 9.48 Å². The van der Waals surface area contributed by atoms with Gasteiger partial charge >= 0.3 is 5.97 Å². The zero-order valence-electron chi connectivity index (χ0n) is 10.7. The van der Waals surface area contributed by atoms with E-state index in [1.165, 1.54) is 18.0 Å². The first-order chi connectivity index (χ1) is 8.87. The third-order valence-electron chi connectivity index (χ3n) is 3.09. The number of esters is 1. The average Bonchev–Trinajstić information content (AvgIpc) is 2.95. The Hall–Kier alpha value is -1.61. The molecular weight excluding hydrogens is 272 g/mol. The molecule has 1 aromatic rings. The highest BCUT2D eigenvalue weighted by atomic mass is 32.2. The maximum Gasteiger partial charge on any atom is 0.324 e. The molecule has 1 atom stereocenters. The summed E-state index contributed by atoms with van der Waals surface area (Å²) < 4.78 is 32.1. The highest BCUT2D eigenvalue weighted by Crippen LogP contribution is 2.28. The van der Waals surface area contributed by atoms with Crippen LogP contribution >= 0.6 is 0 Å². The minimum Gasteiger partial charge on any atom is -0.468 e. The van der Waals surface area contributed by atoms with Gasteiger partial charge in [0.1, 0.15) is 10.9 Å². The van der Waals surface area contributed by atoms with Crippen LogP contribution in [0.25, 0.3) is 0 Å². The predicted molar refractivity (Wildman–Crippen MR) is 66.6 cm³/mol. The monoisotopic (exact) mass is 288 g/mol. The Balaban J connectivity index is 2.39. The number of rotatable bonds is 3. The molecule has 2 heterocycles. The summed E-state index contributed by atoms with van der Waals surface area (Å²) in [5.41, 5.74) is 5.60. The van der Waals surface area contributed by atoms with Crippen LogP contribution in [0.4, 0.5) is 5.82 Å². The number of sulfonamides is 1. The summed E-state index contributed by atoms with van der Waals surface area (Å²) >= 11 is 0. The summed E-state index contributed by atoms with van der Waals surface area (Å²) in [7, 11) is -1.01. The SMILES string of the molecule is COC(=O)C1CCCN1S(=O)(=O)c1cn(C)nc1N. The van der Waals surface area contributed by atoms with Crippen molar-refractivity contribution < 1.29 is 17.9 Å². The fraction of sp³-hybridized carbons (Fsp3) is 0.600. The Labute approximate surface area is 111 Å². The molecule has 0 bridgehead atoms. The van der Waals surface area contributed by atoms with Crippen molar-refractivity contribution in [2.75, 3.05) is 19.4 Å². The van der Waals surface area contributed by atoms with Gasteiger partial charge in [0.2, 0.25) is 10.0 Å². The van der Waals surface area contributed by atoms with Gasteiger partial charge in [0.05, 0.1) is 7.11 Å². The van der Waals surface area contributed by atoms with Crippen LogP contribution in [0.15, 0.2) is 11.1 Å². The van der Waals surface area contributed by atoms with Crippen molar-refractivity contribution in [1.29, 1.82) is 0 Å². The first kappa shape index (κ1) is 13.8. The number of carbonyl (C=O) groups excluding carboxylic acids is 1. The standard InChI is InChI=1S/C10H16N4O4S/c1-13-6-8(9(11)12-13)19(16,17)14-5-3-4-7(14)10(15)18-2/h6-7H,3-5H2,1-2H3,(H2,11,12). The van der Waals surface area contributed by atoms with E-state index in [1.807, 2.05) is 0 Å². The zero-order chi connectivity index (χ0) is 14.2. The second-order valence-corrected chi connectivity index (χ2v) is 6.21. The maximum absolute atomic E-state index is 12.5. The second kappa shape index (κ2) is 4.82. The summed E-state index contributed by atoms with van der Waals surface area (Å²) in [5, 5.41) is 3.81. The molecule has 0 saturated carbocycles. The lowest BCUT2D eigenvalue weighted by Gasteiger charge is -2.21. The lowest BCUT2D eigenvalue weighted by atomic mass is 10.2. The fourth-order valence-corrected chi connectivity index (χ4v) is 3.95. The summed E-state index contributed by atoms with van der Waals surface area (Å²) in [6.07, 6.45) is 2.39. The first-order valence-corrected chi connectivity index (χ1v) is 7.20. The van der Waals surface area contributed by atoms with E-state index in [0.29, 0.717) is 12.8 Å². The van der Waals surface area contributed by atoms with Crippen LogP contribution in [-0.2, 0) is 26.6 Å². The molecule has 1 saturated heterocycles. The van der Waals surface area contributed by atoms with Crippen molar-refractivity contribution >= 4 is 21.8 Å². The van der Waals surface area contributed by atoms with Crippen LogP contribution in [0.2, 0.25) is 0 Å². The highest BCUT2D eigenvalue weighted by Gasteiger charge is 2.41. The number of anilines is 1. The van der Waals surface area contributed by atoms with Crippen LogP contribution in [-0.4, -0.2) is 48.2 Å².